The van der Waals surface area contributed by atoms with Crippen LogP contribution in [-0.4, -0.2) is 41.4 Å². The van der Waals surface area contributed by atoms with E-state index in [9.17, 15) is 19.7 Å². The van der Waals surface area contributed by atoms with Crippen LogP contribution in [0.15, 0.2) is 54.6 Å². The fourth-order valence-corrected chi connectivity index (χ4v) is 3.53. The van der Waals surface area contributed by atoms with Gasteiger partial charge >= 0.3 is 5.97 Å². The number of likely N-dealkylation sites (tertiary alicyclic amines) is 1. The van der Waals surface area contributed by atoms with Crippen molar-refractivity contribution < 1.29 is 19.2 Å². The van der Waals surface area contributed by atoms with E-state index in [1.165, 1.54) is 12.1 Å². The van der Waals surface area contributed by atoms with Crippen molar-refractivity contribution in [1.82, 2.24) is 4.90 Å². The van der Waals surface area contributed by atoms with Crippen LogP contribution in [-0.2, 0) is 14.3 Å². The molecule has 3 rings (SSSR count). The maximum Gasteiger partial charge on any atom is 0.309 e. The molecule has 7 nitrogen and oxygen atoms in total. The van der Waals surface area contributed by atoms with Gasteiger partial charge in [0, 0.05) is 30.8 Å². The number of carbonyl (C=O) groups is 2. The number of benzene rings is 2. The molecule has 7 heteroatoms. The molecule has 1 amide bonds. The van der Waals surface area contributed by atoms with Gasteiger partial charge in [0.2, 0.25) is 0 Å². The van der Waals surface area contributed by atoms with Gasteiger partial charge in [-0.3, -0.25) is 19.7 Å². The Hall–Kier alpha value is -3.48. The number of rotatable bonds is 6. The molecule has 156 valence electrons. The Bertz CT molecular complexity index is 947. The monoisotopic (exact) mass is 408 g/mol. The SMILES string of the molecule is CCOC(=O)C1CCN(C(=O)C(=Cc2cccc([N+](=O)[O-])c2)c2ccccc2)CC1. The first-order chi connectivity index (χ1) is 14.5. The lowest BCUT2D eigenvalue weighted by atomic mass is 9.95. The first-order valence-corrected chi connectivity index (χ1v) is 9.97. The summed E-state index contributed by atoms with van der Waals surface area (Å²) < 4.78 is 5.09. The summed E-state index contributed by atoms with van der Waals surface area (Å²) >= 11 is 0. The van der Waals surface area contributed by atoms with Crippen LogP contribution in [0.25, 0.3) is 11.6 Å². The number of ether oxygens (including phenoxy) is 1. The molecule has 0 aliphatic carbocycles. The van der Waals surface area contributed by atoms with Crippen LogP contribution in [0, 0.1) is 16.0 Å². The molecule has 2 aromatic carbocycles. The number of carbonyl (C=O) groups excluding carboxylic acids is 2. The Kier molecular flexibility index (Phi) is 6.95. The van der Waals surface area contributed by atoms with Crippen LogP contribution in [0.1, 0.15) is 30.9 Å². The largest absolute Gasteiger partial charge is 0.466 e. The molecule has 0 unspecified atom stereocenters. The molecular formula is C23H24N2O5. The van der Waals surface area contributed by atoms with Gasteiger partial charge in [-0.05, 0) is 37.0 Å². The first-order valence-electron chi connectivity index (χ1n) is 9.97. The number of nitro groups is 1. The fourth-order valence-electron chi connectivity index (χ4n) is 3.53. The highest BCUT2D eigenvalue weighted by Crippen LogP contribution is 2.26. The summed E-state index contributed by atoms with van der Waals surface area (Å²) in [5, 5.41) is 11.1. The molecule has 1 aliphatic rings. The molecule has 2 aromatic rings. The first kappa shape index (κ1) is 21.2. The molecule has 0 radical (unpaired) electrons. The van der Waals surface area contributed by atoms with Gasteiger partial charge in [0.05, 0.1) is 17.4 Å². The van der Waals surface area contributed by atoms with Crippen molar-refractivity contribution in [1.29, 1.82) is 0 Å². The van der Waals surface area contributed by atoms with Gasteiger partial charge in [0.1, 0.15) is 0 Å². The summed E-state index contributed by atoms with van der Waals surface area (Å²) in [7, 11) is 0. The third kappa shape index (κ3) is 5.11. The van der Waals surface area contributed by atoms with E-state index in [-0.39, 0.29) is 23.5 Å². The topological polar surface area (TPSA) is 89.8 Å². The zero-order chi connectivity index (χ0) is 21.5. The Labute approximate surface area is 175 Å². The van der Waals surface area contributed by atoms with E-state index < -0.39 is 4.92 Å². The average Bonchev–Trinajstić information content (AvgIpc) is 2.78. The summed E-state index contributed by atoms with van der Waals surface area (Å²) in [5.74, 6) is -0.551. The lowest BCUT2D eigenvalue weighted by Crippen LogP contribution is -2.41. The molecule has 0 saturated carbocycles. The van der Waals surface area contributed by atoms with Gasteiger partial charge in [0.25, 0.3) is 11.6 Å². The molecule has 0 atom stereocenters. The predicted molar refractivity (Wildman–Crippen MR) is 113 cm³/mol. The highest BCUT2D eigenvalue weighted by molar-refractivity contribution is 6.24. The maximum absolute atomic E-state index is 13.3. The van der Waals surface area contributed by atoms with Gasteiger partial charge in [-0.1, -0.05) is 42.5 Å². The minimum Gasteiger partial charge on any atom is -0.466 e. The van der Waals surface area contributed by atoms with Crippen molar-refractivity contribution in [3.05, 3.63) is 75.8 Å². The Morgan fingerprint density at radius 2 is 1.83 bits per heavy atom. The third-order valence-electron chi connectivity index (χ3n) is 5.11. The second-order valence-corrected chi connectivity index (χ2v) is 7.09. The van der Waals surface area contributed by atoms with Gasteiger partial charge in [-0.25, -0.2) is 0 Å². The van der Waals surface area contributed by atoms with Gasteiger partial charge < -0.3 is 9.64 Å². The summed E-state index contributed by atoms with van der Waals surface area (Å²) in [4.78, 5) is 37.7. The number of piperidine rings is 1. The zero-order valence-corrected chi connectivity index (χ0v) is 16.8. The molecule has 1 saturated heterocycles. The zero-order valence-electron chi connectivity index (χ0n) is 16.8. The highest BCUT2D eigenvalue weighted by Gasteiger charge is 2.29. The van der Waals surface area contributed by atoms with Crippen molar-refractivity contribution in [3.8, 4) is 0 Å². The van der Waals surface area contributed by atoms with Gasteiger partial charge in [0.15, 0.2) is 0 Å². The predicted octanol–water partition coefficient (Wildman–Crippen LogP) is 3.94. The third-order valence-corrected chi connectivity index (χ3v) is 5.11. The summed E-state index contributed by atoms with van der Waals surface area (Å²) in [5.41, 5.74) is 1.75. The quantitative estimate of drug-likeness (QED) is 0.237. The summed E-state index contributed by atoms with van der Waals surface area (Å²) in [6.07, 6.45) is 2.80. The molecule has 0 N–H and O–H groups in total. The normalized spacial score (nSPS) is 15.0. The van der Waals surface area contributed by atoms with E-state index in [0.717, 1.165) is 5.56 Å². The second kappa shape index (κ2) is 9.82. The van der Waals surface area contributed by atoms with Crippen LogP contribution in [0.4, 0.5) is 5.69 Å². The molecule has 0 spiro atoms. The number of nitrogens with zero attached hydrogens (tertiary/aromatic N) is 2. The van der Waals surface area contributed by atoms with E-state index >= 15 is 0 Å². The van der Waals surface area contributed by atoms with Crippen LogP contribution >= 0.6 is 0 Å². The highest BCUT2D eigenvalue weighted by atomic mass is 16.6. The number of amides is 1. The van der Waals surface area contributed by atoms with E-state index in [0.29, 0.717) is 43.7 Å². The molecule has 0 aromatic heterocycles. The minimum absolute atomic E-state index is 0.0288. The second-order valence-electron chi connectivity index (χ2n) is 7.09. The van der Waals surface area contributed by atoms with Crippen molar-refractivity contribution in [2.75, 3.05) is 19.7 Å². The average molecular weight is 408 g/mol. The minimum atomic E-state index is -0.457. The van der Waals surface area contributed by atoms with E-state index in [4.69, 9.17) is 4.74 Å². The van der Waals surface area contributed by atoms with Crippen LogP contribution in [0.2, 0.25) is 0 Å². The number of non-ortho nitro benzene ring substituents is 1. The lowest BCUT2D eigenvalue weighted by molar-refractivity contribution is -0.384. The Balaban J connectivity index is 1.85. The van der Waals surface area contributed by atoms with E-state index in [1.54, 1.807) is 30.0 Å². The van der Waals surface area contributed by atoms with E-state index in [1.807, 2.05) is 30.3 Å². The lowest BCUT2D eigenvalue weighted by Gasteiger charge is -2.31. The molecule has 1 heterocycles. The number of esters is 1. The van der Waals surface area contributed by atoms with Crippen molar-refractivity contribution in [2.24, 2.45) is 5.92 Å². The van der Waals surface area contributed by atoms with Crippen LogP contribution in [0.3, 0.4) is 0 Å². The number of hydrogen-bond donors (Lipinski definition) is 0. The standard InChI is InChI=1S/C23H24N2O5/c1-2-30-23(27)19-11-13-24(14-12-19)22(26)21(18-8-4-3-5-9-18)16-17-7-6-10-20(15-17)25(28)29/h3-10,15-16,19H,2,11-14H2,1H3. The van der Waals surface area contributed by atoms with Crippen molar-refractivity contribution in [2.45, 2.75) is 19.8 Å². The van der Waals surface area contributed by atoms with Crippen molar-refractivity contribution >= 4 is 29.2 Å². The molecule has 1 aliphatic heterocycles. The van der Waals surface area contributed by atoms with Crippen LogP contribution in [0.5, 0.6) is 0 Å². The van der Waals surface area contributed by atoms with Gasteiger partial charge in [-0.15, -0.1) is 0 Å². The molecule has 0 bridgehead atoms. The summed E-state index contributed by atoms with van der Waals surface area (Å²) in [6.45, 7) is 3.05. The number of hydrogen-bond acceptors (Lipinski definition) is 5. The number of nitro benzene ring substituents is 1. The summed E-state index contributed by atoms with van der Waals surface area (Å²) in [6, 6.07) is 15.4. The maximum atomic E-state index is 13.3. The molecule has 1 fully saturated rings. The van der Waals surface area contributed by atoms with E-state index in [2.05, 4.69) is 0 Å². The van der Waals surface area contributed by atoms with Crippen LogP contribution < -0.4 is 0 Å². The molecule has 30 heavy (non-hydrogen) atoms. The smallest absolute Gasteiger partial charge is 0.309 e. The van der Waals surface area contributed by atoms with Gasteiger partial charge in [-0.2, -0.15) is 0 Å². The Morgan fingerprint density at radius 1 is 1.13 bits per heavy atom. The fraction of sp³-hybridized carbons (Fsp3) is 0.304. The van der Waals surface area contributed by atoms with Crippen molar-refractivity contribution in [3.63, 3.8) is 0 Å². The molecular weight excluding hydrogens is 384 g/mol. The Morgan fingerprint density at radius 3 is 2.47 bits per heavy atom.